The number of hydrogen-bond acceptors (Lipinski definition) is 4. The number of rotatable bonds is 6. The molecule has 58 heavy (non-hydrogen) atoms. The monoisotopic (exact) mass is 744 g/mol. The van der Waals surface area contributed by atoms with E-state index in [0.29, 0.717) is 12.3 Å². The first-order chi connectivity index (χ1) is 28.6. The highest BCUT2D eigenvalue weighted by atomic mass is 16.3. The topological polar surface area (TPSA) is 51.0 Å². The molecule has 11 rings (SSSR count). The Hall–Kier alpha value is -7.56. The molecule has 0 saturated carbocycles. The summed E-state index contributed by atoms with van der Waals surface area (Å²) in [5.41, 5.74) is 16.5. The number of benzene rings is 8. The molecule has 0 N–H and O–H groups in total. The van der Waals surface area contributed by atoms with E-state index in [1.54, 1.807) is 0 Å². The van der Waals surface area contributed by atoms with Crippen molar-refractivity contribution < 1.29 is 8.83 Å². The summed E-state index contributed by atoms with van der Waals surface area (Å²) in [7, 11) is 0. The second kappa shape index (κ2) is 13.9. The predicted octanol–water partition coefficient (Wildman–Crippen LogP) is 14.6. The van der Waals surface area contributed by atoms with E-state index in [4.69, 9.17) is 18.8 Å². The Morgan fingerprint density at radius 1 is 0.379 bits per heavy atom. The number of nitrogens with zero attached hydrogens (tertiary/aromatic N) is 2. The molecule has 8 aromatic carbocycles. The SMILES string of the molecule is CC1=C(c2ccccc2)N=C(c2cccc3oc4ccc(-c5cccc(-c6ccc7oc8ccccc8c7c6)c5)cc4c23)N=C(c2ccc(-c3ccccc3)cc2)C1. The van der Waals surface area contributed by atoms with Gasteiger partial charge in [0.25, 0.3) is 0 Å². The molecule has 4 nitrogen and oxygen atoms in total. The van der Waals surface area contributed by atoms with Crippen LogP contribution in [-0.2, 0) is 0 Å². The van der Waals surface area contributed by atoms with Crippen molar-refractivity contribution in [2.24, 2.45) is 9.98 Å². The number of amidine groups is 1. The summed E-state index contributed by atoms with van der Waals surface area (Å²) in [6, 6.07) is 65.8. The van der Waals surface area contributed by atoms with Gasteiger partial charge >= 0.3 is 0 Å². The van der Waals surface area contributed by atoms with Gasteiger partial charge in [-0.25, -0.2) is 9.98 Å². The molecule has 1 aliphatic rings. The number of fused-ring (bicyclic) bond motifs is 6. The van der Waals surface area contributed by atoms with E-state index >= 15 is 0 Å². The number of hydrogen-bond donors (Lipinski definition) is 0. The van der Waals surface area contributed by atoms with Crippen LogP contribution in [0.25, 0.3) is 83.0 Å². The van der Waals surface area contributed by atoms with Crippen LogP contribution in [0.5, 0.6) is 0 Å². The average Bonchev–Trinajstić information content (AvgIpc) is 3.80. The maximum absolute atomic E-state index is 6.54. The molecule has 0 unspecified atom stereocenters. The standard InChI is InChI=1S/C54H36N2O2/c1-34-30-47(37-24-22-36(23-25-37)35-12-4-2-5-13-35)55-54(56-53(34)38-14-6-3-7-15-38)44-19-11-21-51-52(44)46-33-42(27-29-50(46)58-51)40-17-10-16-39(31-40)41-26-28-49-45(32-41)43-18-8-9-20-48(43)57-49/h2-29,31-33H,30H2,1H3. The largest absolute Gasteiger partial charge is 0.456 e. The highest BCUT2D eigenvalue weighted by Gasteiger charge is 2.21. The van der Waals surface area contributed by atoms with Crippen LogP contribution in [0.4, 0.5) is 0 Å². The highest BCUT2D eigenvalue weighted by molar-refractivity contribution is 6.23. The first-order valence-corrected chi connectivity index (χ1v) is 19.7. The minimum Gasteiger partial charge on any atom is -0.456 e. The predicted molar refractivity (Wildman–Crippen MR) is 240 cm³/mol. The Bertz CT molecular complexity index is 3290. The number of para-hydroxylation sites is 1. The van der Waals surface area contributed by atoms with E-state index in [9.17, 15) is 0 Å². The van der Waals surface area contributed by atoms with Crippen molar-refractivity contribution in [3.05, 3.63) is 210 Å². The van der Waals surface area contributed by atoms with Gasteiger partial charge in [-0.2, -0.15) is 0 Å². The lowest BCUT2D eigenvalue weighted by atomic mass is 9.96. The van der Waals surface area contributed by atoms with Crippen LogP contribution in [0, 0.1) is 0 Å². The third-order valence-electron chi connectivity index (χ3n) is 11.3. The molecular weight excluding hydrogens is 709 g/mol. The van der Waals surface area contributed by atoms with E-state index in [-0.39, 0.29) is 0 Å². The zero-order valence-corrected chi connectivity index (χ0v) is 31.8. The average molecular weight is 745 g/mol. The fourth-order valence-corrected chi connectivity index (χ4v) is 8.38. The highest BCUT2D eigenvalue weighted by Crippen LogP contribution is 2.38. The van der Waals surface area contributed by atoms with Crippen LogP contribution in [0.3, 0.4) is 0 Å². The second-order valence-corrected chi connectivity index (χ2v) is 15.0. The van der Waals surface area contributed by atoms with E-state index in [1.807, 2.05) is 36.4 Å². The van der Waals surface area contributed by atoms with Gasteiger partial charge in [-0.3, -0.25) is 0 Å². The molecule has 10 aromatic rings. The van der Waals surface area contributed by atoms with Gasteiger partial charge in [0.05, 0.1) is 11.4 Å². The molecule has 4 heteroatoms. The lowest BCUT2D eigenvalue weighted by molar-refractivity contribution is 0.668. The van der Waals surface area contributed by atoms with Crippen molar-refractivity contribution in [1.82, 2.24) is 0 Å². The van der Waals surface area contributed by atoms with E-state index in [2.05, 4.69) is 159 Å². The van der Waals surface area contributed by atoms with Gasteiger partial charge in [0, 0.05) is 39.1 Å². The van der Waals surface area contributed by atoms with Crippen LogP contribution in [0.15, 0.2) is 212 Å². The van der Waals surface area contributed by atoms with Crippen LogP contribution >= 0.6 is 0 Å². The van der Waals surface area contributed by atoms with Gasteiger partial charge in [-0.1, -0.05) is 146 Å². The van der Waals surface area contributed by atoms with Crippen molar-refractivity contribution in [3.63, 3.8) is 0 Å². The lowest BCUT2D eigenvalue weighted by Crippen LogP contribution is -2.06. The quantitative estimate of drug-likeness (QED) is 0.170. The molecule has 0 aliphatic carbocycles. The molecular formula is C54H36N2O2. The summed E-state index contributed by atoms with van der Waals surface area (Å²) in [5, 5.41) is 4.27. The first-order valence-electron chi connectivity index (χ1n) is 19.7. The zero-order valence-electron chi connectivity index (χ0n) is 31.8. The fraction of sp³-hybridized carbons (Fsp3) is 0.0370. The molecule has 2 aromatic heterocycles. The molecule has 0 amide bonds. The van der Waals surface area contributed by atoms with Crippen molar-refractivity contribution in [2.45, 2.75) is 13.3 Å². The normalized spacial score (nSPS) is 13.3. The zero-order chi connectivity index (χ0) is 38.6. The van der Waals surface area contributed by atoms with E-state index < -0.39 is 0 Å². The van der Waals surface area contributed by atoms with Gasteiger partial charge in [0.1, 0.15) is 22.3 Å². The summed E-state index contributed by atoms with van der Waals surface area (Å²) in [6.45, 7) is 2.17. The van der Waals surface area contributed by atoms with Crippen LogP contribution in [-0.4, -0.2) is 11.5 Å². The van der Waals surface area contributed by atoms with Crippen molar-refractivity contribution in [2.75, 3.05) is 0 Å². The molecule has 0 radical (unpaired) electrons. The number of aliphatic imine (C=N–C) groups is 2. The lowest BCUT2D eigenvalue weighted by Gasteiger charge is -2.09. The molecule has 274 valence electrons. The van der Waals surface area contributed by atoms with Crippen molar-refractivity contribution >= 4 is 61.1 Å². The number of allylic oxidation sites excluding steroid dienone is 1. The molecule has 0 spiro atoms. The summed E-state index contributed by atoms with van der Waals surface area (Å²) in [6.07, 6.45) is 0.675. The molecule has 0 bridgehead atoms. The van der Waals surface area contributed by atoms with Gasteiger partial charge < -0.3 is 8.83 Å². The molecule has 0 fully saturated rings. The fourth-order valence-electron chi connectivity index (χ4n) is 8.38. The van der Waals surface area contributed by atoms with Gasteiger partial charge in [-0.05, 0) is 93.9 Å². The minimum absolute atomic E-state index is 0.667. The Kier molecular flexibility index (Phi) is 8.07. The third kappa shape index (κ3) is 5.94. The third-order valence-corrected chi connectivity index (χ3v) is 11.3. The summed E-state index contributed by atoms with van der Waals surface area (Å²) in [5.74, 6) is 0.667. The Morgan fingerprint density at radius 3 is 1.66 bits per heavy atom. The van der Waals surface area contributed by atoms with Crippen molar-refractivity contribution in [3.8, 4) is 33.4 Å². The van der Waals surface area contributed by atoms with Crippen molar-refractivity contribution in [1.29, 1.82) is 0 Å². The Balaban J connectivity index is 1.03. The van der Waals surface area contributed by atoms with Gasteiger partial charge in [0.2, 0.25) is 0 Å². The van der Waals surface area contributed by atoms with Crippen LogP contribution in [0.1, 0.15) is 30.0 Å². The maximum Gasteiger partial charge on any atom is 0.160 e. The molecule has 0 saturated heterocycles. The Labute approximate surface area is 335 Å². The van der Waals surface area contributed by atoms with Crippen LogP contribution in [0.2, 0.25) is 0 Å². The van der Waals surface area contributed by atoms with E-state index in [1.165, 1.54) is 16.7 Å². The van der Waals surface area contributed by atoms with Crippen LogP contribution < -0.4 is 0 Å². The molecule has 1 aliphatic heterocycles. The van der Waals surface area contributed by atoms with E-state index in [0.717, 1.165) is 94.2 Å². The number of furan rings is 2. The summed E-state index contributed by atoms with van der Waals surface area (Å²) < 4.78 is 12.7. The van der Waals surface area contributed by atoms with Gasteiger partial charge in [0.15, 0.2) is 5.84 Å². The summed E-state index contributed by atoms with van der Waals surface area (Å²) >= 11 is 0. The minimum atomic E-state index is 0.667. The summed E-state index contributed by atoms with van der Waals surface area (Å²) in [4.78, 5) is 10.8. The Morgan fingerprint density at radius 2 is 0.897 bits per heavy atom. The first kappa shape index (κ1) is 33.8. The maximum atomic E-state index is 6.54. The molecule has 0 atom stereocenters. The smallest absolute Gasteiger partial charge is 0.160 e. The second-order valence-electron chi connectivity index (χ2n) is 15.0. The molecule has 3 heterocycles. The van der Waals surface area contributed by atoms with Gasteiger partial charge in [-0.15, -0.1) is 0 Å².